The standard InChI is InChI=1S/C72H49N3Si/c1-4-22-50(23-5-1)51-24-18-25-52(46-51)53-26-19-27-54(47-53)73-67-40-16-12-36-62(67)64-49-56(44-45-69(64)73)75-68-41-17-13-37-63(68)72-70(75)42-21-43-71(72)76(57-29-6-2-7-30-57,58-31-8-3-9-32-58)59-33-20-28-55(48-59)74-65-38-14-10-34-60(65)61-35-11-15-39-66(61)74/h1-49H. The third kappa shape index (κ3) is 6.74. The number of fused-ring (bicyclic) bond motifs is 9. The maximum absolute atomic E-state index is 3.14. The molecule has 0 unspecified atom stereocenters. The first kappa shape index (κ1) is 43.8. The van der Waals surface area contributed by atoms with Crippen molar-refractivity contribution in [2.24, 2.45) is 0 Å². The number of benzene rings is 12. The summed E-state index contributed by atoms with van der Waals surface area (Å²) in [5, 5.41) is 12.9. The molecule has 0 aliphatic carbocycles. The van der Waals surface area contributed by atoms with Crippen molar-refractivity contribution >= 4 is 94.2 Å². The van der Waals surface area contributed by atoms with Gasteiger partial charge in [-0.3, -0.25) is 0 Å². The summed E-state index contributed by atoms with van der Waals surface area (Å²) in [6.45, 7) is 0. The first-order valence-corrected chi connectivity index (χ1v) is 28.3. The van der Waals surface area contributed by atoms with Crippen LogP contribution in [-0.4, -0.2) is 21.8 Å². The number of hydrogen-bond acceptors (Lipinski definition) is 0. The van der Waals surface area contributed by atoms with Crippen LogP contribution in [0.25, 0.3) is 105 Å². The number of nitrogens with zero attached hydrogens (tertiary/aromatic N) is 3. The fraction of sp³-hybridized carbons (Fsp3) is 0. The second kappa shape index (κ2) is 17.7. The monoisotopic (exact) mass is 983 g/mol. The number of para-hydroxylation sites is 4. The van der Waals surface area contributed by atoms with Gasteiger partial charge in [-0.2, -0.15) is 0 Å². The predicted molar refractivity (Wildman–Crippen MR) is 324 cm³/mol. The zero-order chi connectivity index (χ0) is 50.2. The molecule has 3 nitrogen and oxygen atoms in total. The Balaban J connectivity index is 0.949. The second-order valence-electron chi connectivity index (χ2n) is 20.0. The maximum atomic E-state index is 2.52. The Kier molecular flexibility index (Phi) is 10.2. The Morgan fingerprint density at radius 1 is 0.211 bits per heavy atom. The Hall–Kier alpha value is -9.74. The van der Waals surface area contributed by atoms with E-state index >= 15 is 0 Å². The molecule has 0 saturated heterocycles. The molecule has 0 bridgehead atoms. The molecule has 0 aliphatic rings. The van der Waals surface area contributed by atoms with Crippen molar-refractivity contribution < 1.29 is 0 Å². The second-order valence-corrected chi connectivity index (χ2v) is 23.8. The molecular formula is C72H49N3Si. The van der Waals surface area contributed by atoms with Crippen LogP contribution < -0.4 is 20.7 Å². The molecule has 0 fully saturated rings. The summed E-state index contributed by atoms with van der Waals surface area (Å²) in [5.41, 5.74) is 15.4. The van der Waals surface area contributed by atoms with Gasteiger partial charge in [0.1, 0.15) is 0 Å². The van der Waals surface area contributed by atoms with Gasteiger partial charge in [-0.1, -0.05) is 218 Å². The van der Waals surface area contributed by atoms with E-state index in [2.05, 4.69) is 311 Å². The van der Waals surface area contributed by atoms with Crippen molar-refractivity contribution in [3.05, 3.63) is 297 Å². The Labute approximate surface area is 442 Å². The first-order chi connectivity index (χ1) is 37.7. The summed E-state index contributed by atoms with van der Waals surface area (Å²) in [4.78, 5) is 0. The molecule has 0 radical (unpaired) electrons. The van der Waals surface area contributed by atoms with Gasteiger partial charge in [-0.25, -0.2) is 0 Å². The van der Waals surface area contributed by atoms with Crippen LogP contribution in [0.3, 0.4) is 0 Å². The van der Waals surface area contributed by atoms with Crippen molar-refractivity contribution in [2.75, 3.05) is 0 Å². The van der Waals surface area contributed by atoms with E-state index in [1.54, 1.807) is 0 Å². The molecule has 15 aromatic rings. The lowest BCUT2D eigenvalue weighted by Crippen LogP contribution is -2.74. The molecule has 12 aromatic carbocycles. The lowest BCUT2D eigenvalue weighted by molar-refractivity contribution is 1.17. The van der Waals surface area contributed by atoms with E-state index in [0.29, 0.717) is 0 Å². The molecule has 76 heavy (non-hydrogen) atoms. The normalized spacial score (nSPS) is 11.9. The minimum Gasteiger partial charge on any atom is -0.309 e. The summed E-state index contributed by atoms with van der Waals surface area (Å²) < 4.78 is 7.42. The third-order valence-electron chi connectivity index (χ3n) is 16.0. The fourth-order valence-corrected chi connectivity index (χ4v) is 17.8. The van der Waals surface area contributed by atoms with Crippen molar-refractivity contribution in [1.82, 2.24) is 13.7 Å². The summed E-state index contributed by atoms with van der Waals surface area (Å²) in [6.07, 6.45) is 0. The van der Waals surface area contributed by atoms with Gasteiger partial charge in [0.2, 0.25) is 0 Å². The highest BCUT2D eigenvalue weighted by Gasteiger charge is 2.43. The van der Waals surface area contributed by atoms with E-state index in [0.717, 1.165) is 17.1 Å². The van der Waals surface area contributed by atoms with Crippen molar-refractivity contribution in [1.29, 1.82) is 0 Å². The van der Waals surface area contributed by atoms with Gasteiger partial charge in [0.25, 0.3) is 0 Å². The summed E-state index contributed by atoms with van der Waals surface area (Å²) >= 11 is 0. The van der Waals surface area contributed by atoms with Crippen LogP contribution in [0.4, 0.5) is 0 Å². The van der Waals surface area contributed by atoms with Crippen molar-refractivity contribution in [2.45, 2.75) is 0 Å². The lowest BCUT2D eigenvalue weighted by Gasteiger charge is -2.35. The van der Waals surface area contributed by atoms with Crippen LogP contribution in [0, 0.1) is 0 Å². The Bertz CT molecular complexity index is 4610. The van der Waals surface area contributed by atoms with Gasteiger partial charge < -0.3 is 13.7 Å². The molecule has 0 atom stereocenters. The average Bonchev–Trinajstić information content (AvgIpc) is 4.21. The van der Waals surface area contributed by atoms with Crippen LogP contribution in [0.5, 0.6) is 0 Å². The number of hydrogen-bond donors (Lipinski definition) is 0. The largest absolute Gasteiger partial charge is 0.309 e. The first-order valence-electron chi connectivity index (χ1n) is 26.3. The number of rotatable bonds is 9. The van der Waals surface area contributed by atoms with Crippen LogP contribution in [-0.2, 0) is 0 Å². The van der Waals surface area contributed by atoms with Gasteiger partial charge in [0.05, 0.1) is 33.1 Å². The molecule has 0 amide bonds. The topological polar surface area (TPSA) is 14.8 Å². The van der Waals surface area contributed by atoms with E-state index in [-0.39, 0.29) is 0 Å². The highest BCUT2D eigenvalue weighted by Crippen LogP contribution is 2.39. The van der Waals surface area contributed by atoms with Crippen molar-refractivity contribution in [3.8, 4) is 39.3 Å². The average molecular weight is 984 g/mol. The third-order valence-corrected chi connectivity index (χ3v) is 20.8. The molecule has 4 heteroatoms. The fourth-order valence-electron chi connectivity index (χ4n) is 12.7. The van der Waals surface area contributed by atoms with Crippen LogP contribution in [0.1, 0.15) is 0 Å². The van der Waals surface area contributed by atoms with Gasteiger partial charge in [-0.15, -0.1) is 0 Å². The summed E-state index contributed by atoms with van der Waals surface area (Å²) in [6, 6.07) is 111. The lowest BCUT2D eigenvalue weighted by atomic mass is 9.99. The number of aromatic nitrogens is 3. The highest BCUT2D eigenvalue weighted by molar-refractivity contribution is 7.20. The van der Waals surface area contributed by atoms with Crippen LogP contribution in [0.15, 0.2) is 297 Å². The molecule has 0 aliphatic heterocycles. The minimum absolute atomic E-state index is 1.13. The molecule has 3 heterocycles. The summed E-state index contributed by atoms with van der Waals surface area (Å²) in [7, 11) is -3.14. The van der Waals surface area contributed by atoms with Crippen LogP contribution in [0.2, 0.25) is 0 Å². The molecule has 0 saturated carbocycles. The van der Waals surface area contributed by atoms with Gasteiger partial charge in [-0.05, 0) is 122 Å². The molecule has 15 rings (SSSR count). The van der Waals surface area contributed by atoms with Gasteiger partial charge in [0, 0.05) is 49.4 Å². The molecule has 0 spiro atoms. The molecular weight excluding hydrogens is 935 g/mol. The predicted octanol–water partition coefficient (Wildman–Crippen LogP) is 15.7. The van der Waals surface area contributed by atoms with E-state index in [4.69, 9.17) is 0 Å². The summed E-state index contributed by atoms with van der Waals surface area (Å²) in [5.74, 6) is 0. The SMILES string of the molecule is c1ccc(-c2cccc(-c3cccc(-n4c5ccccc5c5cc(-n6c7ccccc7c7c([Si](c8ccccc8)(c8ccccc8)c8cccc(-n9c%10ccccc%10c%10ccccc%109)c8)cccc76)ccc54)c3)c2)cc1. The van der Waals surface area contributed by atoms with E-state index in [1.165, 1.54) is 108 Å². The van der Waals surface area contributed by atoms with E-state index in [1.807, 2.05) is 0 Å². The molecule has 3 aromatic heterocycles. The van der Waals surface area contributed by atoms with Gasteiger partial charge >= 0.3 is 0 Å². The maximum Gasteiger partial charge on any atom is 0.180 e. The molecule has 0 N–H and O–H groups in total. The molecule has 356 valence electrons. The highest BCUT2D eigenvalue weighted by atomic mass is 28.3. The Morgan fingerprint density at radius 2 is 0.592 bits per heavy atom. The Morgan fingerprint density at radius 3 is 1.21 bits per heavy atom. The van der Waals surface area contributed by atoms with E-state index in [9.17, 15) is 0 Å². The minimum atomic E-state index is -3.14. The van der Waals surface area contributed by atoms with Gasteiger partial charge in [0.15, 0.2) is 8.07 Å². The zero-order valence-electron chi connectivity index (χ0n) is 41.6. The van der Waals surface area contributed by atoms with E-state index < -0.39 is 8.07 Å². The zero-order valence-corrected chi connectivity index (χ0v) is 42.6. The van der Waals surface area contributed by atoms with Crippen molar-refractivity contribution in [3.63, 3.8) is 0 Å². The van der Waals surface area contributed by atoms with Crippen LogP contribution >= 0.6 is 0 Å². The smallest absolute Gasteiger partial charge is 0.180 e. The quantitative estimate of drug-likeness (QED) is 0.101.